The number of nitrogens with two attached hydrogens (primary N) is 1. The van der Waals surface area contributed by atoms with Crippen LogP contribution in [0.15, 0.2) is 11.1 Å². The molecule has 0 atom stereocenters. The van der Waals surface area contributed by atoms with Gasteiger partial charge < -0.3 is 15.6 Å². The number of anilines is 1. The van der Waals surface area contributed by atoms with Crippen LogP contribution < -0.4 is 11.3 Å². The molecule has 0 amide bonds. The Balaban J connectivity index is 2.14. The van der Waals surface area contributed by atoms with Crippen LogP contribution >= 0.6 is 0 Å². The van der Waals surface area contributed by atoms with E-state index < -0.39 is 11.5 Å². The summed E-state index contributed by atoms with van der Waals surface area (Å²) in [4.78, 5) is 31.9. The lowest BCUT2D eigenvalue weighted by Gasteiger charge is -2.04. The molecule has 2 aromatic rings. The van der Waals surface area contributed by atoms with Crippen molar-refractivity contribution in [2.45, 2.75) is 13.2 Å². The first-order chi connectivity index (χ1) is 8.58. The lowest BCUT2D eigenvalue weighted by atomic mass is 10.5. The first-order valence-corrected chi connectivity index (χ1v) is 5.08. The highest BCUT2D eigenvalue weighted by molar-refractivity contribution is 5.70. The predicted octanol–water partition coefficient (Wildman–Crippen LogP) is -0.849. The Morgan fingerprint density at radius 1 is 1.61 bits per heavy atom. The van der Waals surface area contributed by atoms with E-state index in [1.807, 2.05) is 0 Å². The van der Waals surface area contributed by atoms with Crippen LogP contribution in [-0.4, -0.2) is 37.2 Å². The van der Waals surface area contributed by atoms with Crippen molar-refractivity contribution in [3.05, 3.63) is 16.7 Å². The van der Waals surface area contributed by atoms with Crippen molar-refractivity contribution in [3.8, 4) is 0 Å². The SMILES string of the molecule is Nc1nc2c(ncn2COCCC(=O)O)c(=O)[nH]1. The summed E-state index contributed by atoms with van der Waals surface area (Å²) in [7, 11) is 0. The van der Waals surface area contributed by atoms with E-state index >= 15 is 0 Å². The highest BCUT2D eigenvalue weighted by Gasteiger charge is 2.09. The van der Waals surface area contributed by atoms with Gasteiger partial charge in [-0.3, -0.25) is 19.1 Å². The third-order valence-electron chi connectivity index (χ3n) is 2.18. The van der Waals surface area contributed by atoms with E-state index in [4.69, 9.17) is 15.6 Å². The van der Waals surface area contributed by atoms with Gasteiger partial charge in [0.15, 0.2) is 11.2 Å². The van der Waals surface area contributed by atoms with Crippen LogP contribution in [0, 0.1) is 0 Å². The second-order valence-corrected chi connectivity index (χ2v) is 3.52. The molecule has 0 fully saturated rings. The molecule has 18 heavy (non-hydrogen) atoms. The Hall–Kier alpha value is -2.42. The fourth-order valence-corrected chi connectivity index (χ4v) is 1.39. The molecule has 4 N–H and O–H groups in total. The van der Waals surface area contributed by atoms with Crippen LogP contribution in [0.2, 0.25) is 0 Å². The number of aliphatic carboxylic acids is 1. The van der Waals surface area contributed by atoms with Crippen LogP contribution in [0.1, 0.15) is 6.42 Å². The van der Waals surface area contributed by atoms with Crippen LogP contribution in [0.3, 0.4) is 0 Å². The van der Waals surface area contributed by atoms with E-state index in [0.717, 1.165) is 0 Å². The molecule has 2 heterocycles. The molecule has 2 aromatic heterocycles. The molecule has 0 aliphatic rings. The number of aromatic amines is 1. The number of ether oxygens (including phenoxy) is 1. The molecular weight excluding hydrogens is 242 g/mol. The molecular formula is C9H11N5O4. The van der Waals surface area contributed by atoms with Gasteiger partial charge in [-0.15, -0.1) is 0 Å². The molecule has 9 nitrogen and oxygen atoms in total. The number of rotatable bonds is 5. The fraction of sp³-hybridized carbons (Fsp3) is 0.333. The van der Waals surface area contributed by atoms with Crippen LogP contribution in [0.4, 0.5) is 5.95 Å². The molecule has 0 saturated heterocycles. The number of nitrogens with zero attached hydrogens (tertiary/aromatic N) is 3. The average Bonchev–Trinajstić information content (AvgIpc) is 2.67. The summed E-state index contributed by atoms with van der Waals surface area (Å²) in [5, 5.41) is 8.44. The minimum atomic E-state index is -0.940. The summed E-state index contributed by atoms with van der Waals surface area (Å²) in [6.45, 7) is 0.118. The van der Waals surface area contributed by atoms with Crippen molar-refractivity contribution >= 4 is 23.1 Å². The molecule has 0 radical (unpaired) electrons. The Labute approximate surface area is 100 Å². The summed E-state index contributed by atoms with van der Waals surface area (Å²) in [6.07, 6.45) is 1.29. The number of carboxylic acids is 1. The van der Waals surface area contributed by atoms with Gasteiger partial charge in [0.05, 0.1) is 19.4 Å². The van der Waals surface area contributed by atoms with Crippen molar-refractivity contribution in [1.82, 2.24) is 19.5 Å². The summed E-state index contributed by atoms with van der Waals surface area (Å²) >= 11 is 0. The van der Waals surface area contributed by atoms with Crippen molar-refractivity contribution in [3.63, 3.8) is 0 Å². The number of carboxylic acid groups (broad SMARTS) is 1. The van der Waals surface area contributed by atoms with Gasteiger partial charge in [0.1, 0.15) is 6.73 Å². The normalized spacial score (nSPS) is 10.9. The molecule has 0 unspecified atom stereocenters. The van der Waals surface area contributed by atoms with Gasteiger partial charge >= 0.3 is 5.97 Å². The molecule has 0 aliphatic heterocycles. The zero-order valence-electron chi connectivity index (χ0n) is 9.29. The van der Waals surface area contributed by atoms with E-state index in [-0.39, 0.29) is 31.2 Å². The number of H-pyrrole nitrogens is 1. The first kappa shape index (κ1) is 12.0. The second-order valence-electron chi connectivity index (χ2n) is 3.52. The Morgan fingerprint density at radius 3 is 3.11 bits per heavy atom. The van der Waals surface area contributed by atoms with E-state index in [1.54, 1.807) is 0 Å². The molecule has 0 bridgehead atoms. The monoisotopic (exact) mass is 253 g/mol. The third kappa shape index (κ3) is 2.46. The maximum atomic E-state index is 11.5. The topological polar surface area (TPSA) is 136 Å². The van der Waals surface area contributed by atoms with Gasteiger partial charge in [-0.25, -0.2) is 4.98 Å². The summed E-state index contributed by atoms with van der Waals surface area (Å²) in [6, 6.07) is 0. The molecule has 0 spiro atoms. The number of aromatic nitrogens is 4. The quantitative estimate of drug-likeness (QED) is 0.590. The van der Waals surface area contributed by atoms with Gasteiger partial charge in [0, 0.05) is 0 Å². The van der Waals surface area contributed by atoms with Gasteiger partial charge in [0.2, 0.25) is 5.95 Å². The number of hydrogen-bond acceptors (Lipinski definition) is 6. The molecule has 2 rings (SSSR count). The number of hydrogen-bond donors (Lipinski definition) is 3. The largest absolute Gasteiger partial charge is 0.481 e. The number of nitrogen functional groups attached to an aromatic ring is 1. The second kappa shape index (κ2) is 4.84. The number of fused-ring (bicyclic) bond motifs is 1. The lowest BCUT2D eigenvalue weighted by molar-refractivity contribution is -0.138. The molecule has 0 saturated carbocycles. The summed E-state index contributed by atoms with van der Waals surface area (Å²) < 4.78 is 6.60. The number of carbonyl (C=O) groups is 1. The van der Waals surface area contributed by atoms with Gasteiger partial charge in [0.25, 0.3) is 5.56 Å². The Bertz CT molecular complexity index is 631. The molecule has 96 valence electrons. The maximum absolute atomic E-state index is 11.5. The van der Waals surface area contributed by atoms with E-state index in [2.05, 4.69) is 15.0 Å². The van der Waals surface area contributed by atoms with Crippen molar-refractivity contribution in [2.24, 2.45) is 0 Å². The van der Waals surface area contributed by atoms with Crippen molar-refractivity contribution in [2.75, 3.05) is 12.3 Å². The van der Waals surface area contributed by atoms with Gasteiger partial charge in [-0.2, -0.15) is 4.98 Å². The summed E-state index contributed by atoms with van der Waals surface area (Å²) in [5.41, 5.74) is 5.45. The minimum Gasteiger partial charge on any atom is -0.481 e. The van der Waals surface area contributed by atoms with E-state index in [9.17, 15) is 9.59 Å². The number of imidazole rings is 1. The fourth-order valence-electron chi connectivity index (χ4n) is 1.39. The lowest BCUT2D eigenvalue weighted by Crippen LogP contribution is -2.13. The zero-order chi connectivity index (χ0) is 13.1. The molecule has 0 aromatic carbocycles. The summed E-state index contributed by atoms with van der Waals surface area (Å²) in [5.74, 6) is -0.955. The van der Waals surface area contributed by atoms with Crippen LogP contribution in [-0.2, 0) is 16.3 Å². The van der Waals surface area contributed by atoms with Crippen molar-refractivity contribution < 1.29 is 14.6 Å². The Kier molecular flexibility index (Phi) is 3.24. The zero-order valence-corrected chi connectivity index (χ0v) is 9.29. The maximum Gasteiger partial charge on any atom is 0.305 e. The van der Waals surface area contributed by atoms with Gasteiger partial charge in [-0.1, -0.05) is 0 Å². The van der Waals surface area contributed by atoms with E-state index in [0.29, 0.717) is 5.65 Å². The number of nitrogens with one attached hydrogen (secondary N) is 1. The minimum absolute atomic E-state index is 0.0141. The first-order valence-electron chi connectivity index (χ1n) is 5.08. The predicted molar refractivity (Wildman–Crippen MR) is 60.8 cm³/mol. The standard InChI is InChI=1S/C9H11N5O4/c10-9-12-7-6(8(17)13-9)11-3-14(7)4-18-2-1-5(15)16/h3H,1-2,4H2,(H,15,16)(H3,10,12,13,17). The smallest absolute Gasteiger partial charge is 0.305 e. The average molecular weight is 253 g/mol. The Morgan fingerprint density at radius 2 is 2.39 bits per heavy atom. The van der Waals surface area contributed by atoms with Crippen molar-refractivity contribution in [1.29, 1.82) is 0 Å². The third-order valence-corrected chi connectivity index (χ3v) is 2.18. The highest BCUT2D eigenvalue weighted by atomic mass is 16.5. The molecule has 0 aliphatic carbocycles. The van der Waals surface area contributed by atoms with Gasteiger partial charge in [-0.05, 0) is 0 Å². The highest BCUT2D eigenvalue weighted by Crippen LogP contribution is 2.06. The van der Waals surface area contributed by atoms with E-state index in [1.165, 1.54) is 10.9 Å². The van der Waals surface area contributed by atoms with Crippen LogP contribution in [0.25, 0.3) is 11.2 Å². The molecule has 9 heteroatoms. The van der Waals surface area contributed by atoms with Crippen LogP contribution in [0.5, 0.6) is 0 Å².